The van der Waals surface area contributed by atoms with Crippen LogP contribution in [0.5, 0.6) is 0 Å². The molecule has 0 aliphatic heterocycles. The molecular formula is C27H24ClN9O. The lowest BCUT2D eigenvalue weighted by Gasteiger charge is -2.15. The molecule has 4 aromatic heterocycles. The van der Waals surface area contributed by atoms with Gasteiger partial charge in [-0.15, -0.1) is 5.10 Å². The number of anilines is 1. The summed E-state index contributed by atoms with van der Waals surface area (Å²) in [6.07, 6.45) is 7.54. The molecule has 0 saturated carbocycles. The van der Waals surface area contributed by atoms with Crippen molar-refractivity contribution in [3.63, 3.8) is 0 Å². The van der Waals surface area contributed by atoms with E-state index in [2.05, 4.69) is 37.7 Å². The van der Waals surface area contributed by atoms with Crippen molar-refractivity contribution in [1.82, 2.24) is 39.5 Å². The van der Waals surface area contributed by atoms with Crippen LogP contribution < -0.4 is 11.1 Å². The number of rotatable bonds is 7. The van der Waals surface area contributed by atoms with E-state index in [0.29, 0.717) is 30.2 Å². The molecule has 0 bridgehead atoms. The second kappa shape index (κ2) is 9.64. The Kier molecular flexibility index (Phi) is 6.01. The van der Waals surface area contributed by atoms with Crippen LogP contribution in [0.15, 0.2) is 73.3 Å². The number of hydrogen-bond acceptors (Lipinski definition) is 6. The Bertz CT molecular complexity index is 1790. The number of carbonyl (C=O) groups is 1. The summed E-state index contributed by atoms with van der Waals surface area (Å²) >= 11 is 6.75. The molecule has 4 heterocycles. The molecule has 0 aliphatic carbocycles. The highest BCUT2D eigenvalue weighted by molar-refractivity contribution is 6.36. The molecule has 0 radical (unpaired) electrons. The maximum absolute atomic E-state index is 13.0. The van der Waals surface area contributed by atoms with Gasteiger partial charge in [-0.3, -0.25) is 14.2 Å². The van der Waals surface area contributed by atoms with Gasteiger partial charge in [-0.2, -0.15) is 10.2 Å². The van der Waals surface area contributed by atoms with Crippen molar-refractivity contribution < 1.29 is 4.79 Å². The lowest BCUT2D eigenvalue weighted by Crippen LogP contribution is -2.26. The molecule has 3 N–H and O–H groups in total. The van der Waals surface area contributed by atoms with Crippen LogP contribution in [0.4, 0.5) is 5.82 Å². The third kappa shape index (κ3) is 4.24. The van der Waals surface area contributed by atoms with Crippen LogP contribution in [0.3, 0.4) is 0 Å². The van der Waals surface area contributed by atoms with Gasteiger partial charge >= 0.3 is 0 Å². The number of nitrogens with two attached hydrogens (primary N) is 1. The van der Waals surface area contributed by atoms with Crippen molar-refractivity contribution in [2.75, 3.05) is 12.3 Å². The zero-order valence-corrected chi connectivity index (χ0v) is 21.3. The Hall–Kier alpha value is -4.70. The average Bonchev–Trinajstić information content (AvgIpc) is 3.61. The fourth-order valence-corrected chi connectivity index (χ4v) is 5.01. The molecule has 38 heavy (non-hydrogen) atoms. The zero-order valence-electron chi connectivity index (χ0n) is 20.5. The fraction of sp³-hybridized carbons (Fsp3) is 0.148. The number of fused-ring (bicyclic) bond motifs is 2. The smallest absolute Gasteiger partial charge is 0.258 e. The Labute approximate surface area is 222 Å². The molecule has 0 fully saturated rings. The number of benzene rings is 2. The van der Waals surface area contributed by atoms with Gasteiger partial charge in [-0.25, -0.2) is 9.50 Å². The minimum atomic E-state index is -0.329. The summed E-state index contributed by atoms with van der Waals surface area (Å²) in [5, 5.41) is 17.8. The topological polar surface area (TPSA) is 121 Å². The van der Waals surface area contributed by atoms with Crippen molar-refractivity contribution in [3.05, 3.63) is 95.2 Å². The third-order valence-corrected chi connectivity index (χ3v) is 6.74. The molecule has 6 aromatic rings. The van der Waals surface area contributed by atoms with Gasteiger partial charge in [0.05, 0.1) is 29.0 Å². The standard InChI is InChI=1S/C27H24ClN9O/c1-35-13-9-19(33-35)16-37-24-20(15-32-37)21(28)14-18(22(24)17-6-3-2-4-7-17)8-11-31-27(38)23-25(29)34-36-12-5-10-30-26(23)36/h2-7,9-10,12-15H,8,11,16H2,1H3,(H2,29,34)(H,31,38). The van der Waals surface area contributed by atoms with Gasteiger partial charge in [0.25, 0.3) is 5.91 Å². The summed E-state index contributed by atoms with van der Waals surface area (Å²) in [5.41, 5.74) is 11.6. The van der Waals surface area contributed by atoms with Crippen molar-refractivity contribution in [2.24, 2.45) is 7.05 Å². The first kappa shape index (κ1) is 23.7. The van der Waals surface area contributed by atoms with Crippen LogP contribution in [0, 0.1) is 0 Å². The first-order valence-corrected chi connectivity index (χ1v) is 12.5. The van der Waals surface area contributed by atoms with Crippen LogP contribution in [0.1, 0.15) is 21.6 Å². The van der Waals surface area contributed by atoms with E-state index in [1.807, 2.05) is 48.3 Å². The predicted molar refractivity (Wildman–Crippen MR) is 146 cm³/mol. The number of hydrogen-bond donors (Lipinski definition) is 2. The van der Waals surface area contributed by atoms with Gasteiger partial charge in [-0.05, 0) is 35.7 Å². The molecule has 0 atom stereocenters. The maximum Gasteiger partial charge on any atom is 0.258 e. The second-order valence-electron chi connectivity index (χ2n) is 8.96. The molecule has 0 aliphatic rings. The molecule has 1 amide bonds. The van der Waals surface area contributed by atoms with Crippen molar-refractivity contribution in [3.8, 4) is 11.1 Å². The van der Waals surface area contributed by atoms with E-state index in [9.17, 15) is 4.79 Å². The van der Waals surface area contributed by atoms with Crippen LogP contribution in [0.2, 0.25) is 5.02 Å². The molecule has 0 saturated heterocycles. The van der Waals surface area contributed by atoms with Crippen LogP contribution in [-0.4, -0.2) is 46.6 Å². The fourth-order valence-electron chi connectivity index (χ4n) is 4.74. The van der Waals surface area contributed by atoms with E-state index in [4.69, 9.17) is 17.3 Å². The Morgan fingerprint density at radius 2 is 1.95 bits per heavy atom. The summed E-state index contributed by atoms with van der Waals surface area (Å²) in [4.78, 5) is 17.3. The molecule has 10 nitrogen and oxygen atoms in total. The average molecular weight is 526 g/mol. The van der Waals surface area contributed by atoms with E-state index in [-0.39, 0.29) is 17.3 Å². The Morgan fingerprint density at radius 3 is 2.74 bits per heavy atom. The summed E-state index contributed by atoms with van der Waals surface area (Å²) in [6, 6.07) is 15.8. The van der Waals surface area contributed by atoms with Gasteiger partial charge in [0.15, 0.2) is 11.5 Å². The van der Waals surface area contributed by atoms with Gasteiger partial charge in [0.2, 0.25) is 0 Å². The van der Waals surface area contributed by atoms with Gasteiger partial charge in [-0.1, -0.05) is 41.9 Å². The van der Waals surface area contributed by atoms with Crippen LogP contribution >= 0.6 is 11.6 Å². The third-order valence-electron chi connectivity index (χ3n) is 6.43. The van der Waals surface area contributed by atoms with Gasteiger partial charge in [0.1, 0.15) is 5.56 Å². The maximum atomic E-state index is 13.0. The number of aromatic nitrogens is 7. The minimum absolute atomic E-state index is 0.133. The molecule has 11 heteroatoms. The Morgan fingerprint density at radius 1 is 1.11 bits per heavy atom. The van der Waals surface area contributed by atoms with Crippen molar-refractivity contribution in [2.45, 2.75) is 13.0 Å². The molecule has 0 unspecified atom stereocenters. The second-order valence-corrected chi connectivity index (χ2v) is 9.36. The summed E-state index contributed by atoms with van der Waals surface area (Å²) < 4.78 is 5.19. The highest BCUT2D eigenvalue weighted by atomic mass is 35.5. The first-order chi connectivity index (χ1) is 18.5. The van der Waals surface area contributed by atoms with Crippen LogP contribution in [-0.2, 0) is 20.0 Å². The Balaban J connectivity index is 1.35. The number of nitrogens with zero attached hydrogens (tertiary/aromatic N) is 7. The number of nitrogen functional groups attached to an aromatic ring is 1. The minimum Gasteiger partial charge on any atom is -0.381 e. The highest BCUT2D eigenvalue weighted by Crippen LogP contribution is 2.37. The van der Waals surface area contributed by atoms with Crippen molar-refractivity contribution >= 4 is 39.9 Å². The van der Waals surface area contributed by atoms with E-state index < -0.39 is 0 Å². The summed E-state index contributed by atoms with van der Waals surface area (Å²) in [7, 11) is 1.89. The summed E-state index contributed by atoms with van der Waals surface area (Å²) in [6.45, 7) is 0.861. The zero-order chi connectivity index (χ0) is 26.2. The molecule has 6 rings (SSSR count). The van der Waals surface area contributed by atoms with Crippen LogP contribution in [0.25, 0.3) is 27.7 Å². The lowest BCUT2D eigenvalue weighted by molar-refractivity contribution is 0.0956. The number of carbonyl (C=O) groups excluding carboxylic acids is 1. The lowest BCUT2D eigenvalue weighted by atomic mass is 9.95. The normalized spacial score (nSPS) is 11.4. The molecular weight excluding hydrogens is 502 g/mol. The van der Waals surface area contributed by atoms with E-state index in [1.165, 1.54) is 4.52 Å². The molecule has 2 aromatic carbocycles. The molecule has 190 valence electrons. The van der Waals surface area contributed by atoms with E-state index in [1.54, 1.807) is 29.3 Å². The predicted octanol–water partition coefficient (Wildman–Crippen LogP) is 3.74. The van der Waals surface area contributed by atoms with E-state index >= 15 is 0 Å². The number of nitrogens with one attached hydrogen (secondary N) is 1. The van der Waals surface area contributed by atoms with E-state index in [0.717, 1.165) is 33.3 Å². The molecule has 0 spiro atoms. The SMILES string of the molecule is Cn1ccc(Cn2ncc3c(Cl)cc(CCNC(=O)c4c(N)nn5cccnc45)c(-c4ccccc4)c32)n1. The number of amides is 1. The monoisotopic (exact) mass is 525 g/mol. The highest BCUT2D eigenvalue weighted by Gasteiger charge is 2.21. The van der Waals surface area contributed by atoms with Gasteiger partial charge < -0.3 is 11.1 Å². The van der Waals surface area contributed by atoms with Crippen molar-refractivity contribution in [1.29, 1.82) is 0 Å². The van der Waals surface area contributed by atoms with Gasteiger partial charge in [0, 0.05) is 43.1 Å². The quantitative estimate of drug-likeness (QED) is 0.327. The number of halogens is 1. The largest absolute Gasteiger partial charge is 0.381 e. The first-order valence-electron chi connectivity index (χ1n) is 12.1. The summed E-state index contributed by atoms with van der Waals surface area (Å²) in [5.74, 6) is -0.195. The number of aryl methyl sites for hydroxylation is 1.